The molecule has 0 bridgehead atoms. The van der Waals surface area contributed by atoms with Gasteiger partial charge in [-0.25, -0.2) is 0 Å². The standard InChI is InChI=1S/C30H30FNOS/c1-20-5-9-24(10-6-20)21(2)30-29(27-14-13-26(33)16-28(27)34-30)25-11-7-22(8-12-25)4-3-15-32-18-23(17-31)19-32/h5-14,16,23,33H,2-4,15,17-19H2,1H3. The van der Waals surface area contributed by atoms with Crippen LogP contribution in [-0.2, 0) is 6.42 Å². The molecule has 34 heavy (non-hydrogen) atoms. The second-order valence-electron chi connectivity index (χ2n) is 9.41. The van der Waals surface area contributed by atoms with Crippen LogP contribution in [0.15, 0.2) is 73.3 Å². The number of nitrogens with zero attached hydrogens (tertiary/aromatic N) is 1. The molecular formula is C30H30FNOS. The van der Waals surface area contributed by atoms with Gasteiger partial charge in [0.1, 0.15) is 5.75 Å². The van der Waals surface area contributed by atoms with Crippen molar-refractivity contribution in [3.63, 3.8) is 0 Å². The lowest BCUT2D eigenvalue weighted by molar-refractivity contribution is 0.0801. The lowest BCUT2D eigenvalue weighted by Gasteiger charge is -2.37. The quantitative estimate of drug-likeness (QED) is 0.288. The average molecular weight is 472 g/mol. The van der Waals surface area contributed by atoms with E-state index in [9.17, 15) is 9.50 Å². The highest BCUT2D eigenvalue weighted by atomic mass is 32.1. The molecule has 1 saturated heterocycles. The molecule has 2 heterocycles. The zero-order valence-corrected chi connectivity index (χ0v) is 20.4. The third kappa shape index (κ3) is 4.66. The van der Waals surface area contributed by atoms with E-state index in [2.05, 4.69) is 66.9 Å². The van der Waals surface area contributed by atoms with E-state index in [-0.39, 0.29) is 18.3 Å². The molecule has 0 aliphatic carbocycles. The molecule has 1 fully saturated rings. The summed E-state index contributed by atoms with van der Waals surface area (Å²) in [4.78, 5) is 3.48. The number of hydrogen-bond acceptors (Lipinski definition) is 3. The Morgan fingerprint density at radius 2 is 1.79 bits per heavy atom. The van der Waals surface area contributed by atoms with Gasteiger partial charge >= 0.3 is 0 Å². The third-order valence-electron chi connectivity index (χ3n) is 6.78. The van der Waals surface area contributed by atoms with Gasteiger partial charge in [-0.2, -0.15) is 0 Å². The predicted molar refractivity (Wildman–Crippen MR) is 142 cm³/mol. The SMILES string of the molecule is C=C(c1ccc(C)cc1)c1sc2cc(O)ccc2c1-c1ccc(CCCN2CC(CF)C2)cc1. The summed E-state index contributed by atoms with van der Waals surface area (Å²) >= 11 is 1.68. The number of rotatable bonds is 8. The van der Waals surface area contributed by atoms with E-state index in [4.69, 9.17) is 0 Å². The van der Waals surface area contributed by atoms with Crippen molar-refractivity contribution in [2.45, 2.75) is 19.8 Å². The molecule has 4 aromatic rings. The molecule has 5 rings (SSSR count). The lowest BCUT2D eigenvalue weighted by Crippen LogP contribution is -2.47. The van der Waals surface area contributed by atoms with Crippen molar-refractivity contribution < 1.29 is 9.50 Å². The van der Waals surface area contributed by atoms with Gasteiger partial charge in [-0.15, -0.1) is 11.3 Å². The number of thiophene rings is 1. The molecule has 2 nitrogen and oxygen atoms in total. The van der Waals surface area contributed by atoms with Gasteiger partial charge in [0.2, 0.25) is 0 Å². The number of alkyl halides is 1. The molecule has 0 unspecified atom stereocenters. The Labute approximate surface area is 205 Å². The van der Waals surface area contributed by atoms with E-state index in [0.29, 0.717) is 0 Å². The average Bonchev–Trinajstić information content (AvgIpc) is 3.19. The van der Waals surface area contributed by atoms with Crippen molar-refractivity contribution in [1.82, 2.24) is 4.90 Å². The number of halogens is 1. The van der Waals surface area contributed by atoms with Gasteiger partial charge < -0.3 is 10.0 Å². The highest BCUT2D eigenvalue weighted by Gasteiger charge is 2.25. The minimum absolute atomic E-state index is 0.187. The smallest absolute Gasteiger partial charge is 0.117 e. The number of benzene rings is 3. The van der Waals surface area contributed by atoms with Crippen molar-refractivity contribution in [3.8, 4) is 16.9 Å². The van der Waals surface area contributed by atoms with Crippen LogP contribution in [-0.4, -0.2) is 36.3 Å². The van der Waals surface area contributed by atoms with Crippen molar-refractivity contribution in [2.75, 3.05) is 26.3 Å². The first-order valence-electron chi connectivity index (χ1n) is 11.9. The number of phenolic OH excluding ortho intramolecular Hbond substituents is 1. The van der Waals surface area contributed by atoms with Gasteiger partial charge in [-0.3, -0.25) is 4.39 Å². The number of likely N-dealkylation sites (tertiary alicyclic amines) is 1. The van der Waals surface area contributed by atoms with Crippen LogP contribution in [0, 0.1) is 12.8 Å². The van der Waals surface area contributed by atoms with Crippen molar-refractivity contribution in [2.24, 2.45) is 5.92 Å². The maximum Gasteiger partial charge on any atom is 0.117 e. The first kappa shape index (κ1) is 22.8. The van der Waals surface area contributed by atoms with E-state index >= 15 is 0 Å². The molecule has 0 atom stereocenters. The Kier molecular flexibility index (Phi) is 6.53. The second kappa shape index (κ2) is 9.73. The molecule has 3 aromatic carbocycles. The van der Waals surface area contributed by atoms with Crippen molar-refractivity contribution in [3.05, 3.63) is 94.9 Å². The fourth-order valence-electron chi connectivity index (χ4n) is 4.77. The summed E-state index contributed by atoms with van der Waals surface area (Å²) in [5, 5.41) is 11.2. The van der Waals surface area contributed by atoms with Gasteiger partial charge in [0.25, 0.3) is 0 Å². The number of hydrogen-bond donors (Lipinski definition) is 1. The molecule has 1 N–H and O–H groups in total. The predicted octanol–water partition coefficient (Wildman–Crippen LogP) is 7.48. The van der Waals surface area contributed by atoms with E-state index < -0.39 is 0 Å². The topological polar surface area (TPSA) is 23.5 Å². The number of aromatic hydroxyl groups is 1. The maximum atomic E-state index is 12.6. The lowest BCUT2D eigenvalue weighted by atomic mass is 9.95. The molecule has 0 saturated carbocycles. The molecule has 1 aliphatic rings. The van der Waals surface area contributed by atoms with E-state index in [0.717, 1.165) is 64.1 Å². The summed E-state index contributed by atoms with van der Waals surface area (Å²) in [6.07, 6.45) is 2.12. The van der Waals surface area contributed by atoms with Crippen LogP contribution in [0.25, 0.3) is 26.8 Å². The van der Waals surface area contributed by atoms with Crippen molar-refractivity contribution in [1.29, 1.82) is 0 Å². The first-order valence-corrected chi connectivity index (χ1v) is 12.7. The molecule has 1 aliphatic heterocycles. The zero-order chi connectivity index (χ0) is 23.7. The van der Waals surface area contributed by atoms with Gasteiger partial charge in [0.05, 0.1) is 6.67 Å². The Bertz CT molecular complexity index is 1300. The fourth-order valence-corrected chi connectivity index (χ4v) is 6.02. The Hall–Kier alpha value is -2.95. The van der Waals surface area contributed by atoms with E-state index in [1.165, 1.54) is 16.7 Å². The van der Waals surface area contributed by atoms with Gasteiger partial charge in [0.15, 0.2) is 0 Å². The fraction of sp³-hybridized carbons (Fsp3) is 0.267. The summed E-state index contributed by atoms with van der Waals surface area (Å²) in [5.41, 5.74) is 7.00. The maximum absolute atomic E-state index is 12.6. The van der Waals surface area contributed by atoms with Gasteiger partial charge in [0, 0.05) is 39.5 Å². The van der Waals surface area contributed by atoms with Gasteiger partial charge in [-0.05, 0) is 66.8 Å². The summed E-state index contributed by atoms with van der Waals surface area (Å²) in [6.45, 7) is 9.20. The number of aryl methyl sites for hydroxylation is 2. The zero-order valence-electron chi connectivity index (χ0n) is 19.6. The molecule has 1 aromatic heterocycles. The van der Waals surface area contributed by atoms with Crippen LogP contribution < -0.4 is 0 Å². The van der Waals surface area contributed by atoms with Crippen LogP contribution in [0.1, 0.15) is 28.0 Å². The normalized spacial score (nSPS) is 14.4. The molecule has 0 radical (unpaired) electrons. The largest absolute Gasteiger partial charge is 0.508 e. The monoisotopic (exact) mass is 471 g/mol. The van der Waals surface area contributed by atoms with Gasteiger partial charge in [-0.1, -0.05) is 60.7 Å². The van der Waals surface area contributed by atoms with E-state index in [1.54, 1.807) is 17.4 Å². The van der Waals surface area contributed by atoms with Crippen LogP contribution in [0.5, 0.6) is 5.75 Å². The van der Waals surface area contributed by atoms with E-state index in [1.807, 2.05) is 12.1 Å². The first-order chi connectivity index (χ1) is 16.5. The third-order valence-corrected chi connectivity index (χ3v) is 7.99. The van der Waals surface area contributed by atoms with Crippen molar-refractivity contribution >= 4 is 27.0 Å². The second-order valence-corrected chi connectivity index (χ2v) is 10.5. The highest BCUT2D eigenvalue weighted by Crippen LogP contribution is 2.44. The van der Waals surface area contributed by atoms with Crippen LogP contribution in [0.4, 0.5) is 4.39 Å². The summed E-state index contributed by atoms with van der Waals surface area (Å²) < 4.78 is 13.7. The molecule has 0 spiro atoms. The minimum atomic E-state index is -0.187. The summed E-state index contributed by atoms with van der Waals surface area (Å²) in [5.74, 6) is 0.536. The molecular weight excluding hydrogens is 441 g/mol. The number of phenols is 1. The summed E-state index contributed by atoms with van der Waals surface area (Å²) in [6, 6.07) is 22.9. The Morgan fingerprint density at radius 3 is 2.50 bits per heavy atom. The molecule has 4 heteroatoms. The van der Waals surface area contributed by atoms with Crippen LogP contribution >= 0.6 is 11.3 Å². The Balaban J connectivity index is 1.40. The minimum Gasteiger partial charge on any atom is -0.508 e. The van der Waals surface area contributed by atoms with Crippen LogP contribution in [0.2, 0.25) is 0 Å². The number of fused-ring (bicyclic) bond motifs is 1. The molecule has 174 valence electrons. The Morgan fingerprint density at radius 1 is 1.06 bits per heavy atom. The molecule has 0 amide bonds. The highest BCUT2D eigenvalue weighted by molar-refractivity contribution is 7.20. The summed E-state index contributed by atoms with van der Waals surface area (Å²) in [7, 11) is 0. The van der Waals surface area contributed by atoms with Crippen LogP contribution in [0.3, 0.4) is 0 Å².